The summed E-state index contributed by atoms with van der Waals surface area (Å²) in [6.07, 6.45) is 1.70. The van der Waals surface area contributed by atoms with Gasteiger partial charge in [0, 0.05) is 5.75 Å². The van der Waals surface area contributed by atoms with Gasteiger partial charge in [-0.2, -0.15) is 5.10 Å². The smallest absolute Gasteiger partial charge is 0.180 e. The molecule has 4 nitrogen and oxygen atoms in total. The number of nitrogens with two attached hydrogens (primary N) is 1. The summed E-state index contributed by atoms with van der Waals surface area (Å²) in [7, 11) is 0. The summed E-state index contributed by atoms with van der Waals surface area (Å²) in [4.78, 5) is 0. The average molecular weight is 390 g/mol. The van der Waals surface area contributed by atoms with Crippen molar-refractivity contribution in [3.8, 4) is 5.75 Å². The molecule has 0 amide bonds. The van der Waals surface area contributed by atoms with Crippen LogP contribution in [0.5, 0.6) is 5.75 Å². The number of amidine groups is 1. The molecule has 0 radical (unpaired) electrons. The molecule has 0 saturated heterocycles. The summed E-state index contributed by atoms with van der Waals surface area (Å²) in [5.41, 5.74) is 10.3. The van der Waals surface area contributed by atoms with Crippen molar-refractivity contribution < 1.29 is 4.74 Å². The van der Waals surface area contributed by atoms with E-state index in [1.54, 1.807) is 6.21 Å². The van der Waals surface area contributed by atoms with E-state index in [1.165, 1.54) is 17.3 Å². The number of nitrogens with zero attached hydrogens (tertiary/aromatic N) is 2. The zero-order valence-corrected chi connectivity index (χ0v) is 16.6. The first-order valence-corrected chi connectivity index (χ1v) is 10.00. The van der Waals surface area contributed by atoms with Gasteiger partial charge in [-0.15, -0.1) is 5.10 Å². The number of thioether (sulfide) groups is 1. The molecule has 3 rings (SSSR count). The van der Waals surface area contributed by atoms with Crippen molar-refractivity contribution in [3.63, 3.8) is 0 Å². The van der Waals surface area contributed by atoms with Crippen molar-refractivity contribution in [1.29, 1.82) is 0 Å². The highest BCUT2D eigenvalue weighted by Crippen LogP contribution is 2.20. The second-order valence-corrected chi connectivity index (χ2v) is 7.25. The molecule has 0 spiro atoms. The summed E-state index contributed by atoms with van der Waals surface area (Å²) in [6.45, 7) is 2.57. The van der Waals surface area contributed by atoms with Gasteiger partial charge < -0.3 is 10.5 Å². The van der Waals surface area contributed by atoms with E-state index in [0.29, 0.717) is 11.8 Å². The SMILES string of the molecule is Cc1cc(C=NN=C(N)SCc2ccccc2)ccc1OCc1ccccc1. The molecule has 2 N–H and O–H groups in total. The lowest BCUT2D eigenvalue weighted by molar-refractivity contribution is 0.304. The fourth-order valence-corrected chi connectivity index (χ4v) is 3.17. The highest BCUT2D eigenvalue weighted by atomic mass is 32.2. The fraction of sp³-hybridized carbons (Fsp3) is 0.130. The van der Waals surface area contributed by atoms with Crippen LogP contribution in [0.1, 0.15) is 22.3 Å². The zero-order valence-electron chi connectivity index (χ0n) is 15.8. The van der Waals surface area contributed by atoms with E-state index in [2.05, 4.69) is 34.5 Å². The summed E-state index contributed by atoms with van der Waals surface area (Å²) in [5, 5.41) is 8.60. The Morgan fingerprint density at radius 3 is 2.32 bits per heavy atom. The molecule has 0 aliphatic carbocycles. The Hall–Kier alpha value is -3.05. The van der Waals surface area contributed by atoms with Gasteiger partial charge in [-0.05, 0) is 47.4 Å². The maximum absolute atomic E-state index is 5.91. The maximum atomic E-state index is 5.91. The third-order valence-corrected chi connectivity index (χ3v) is 4.88. The number of ether oxygens (including phenoxy) is 1. The molecule has 0 aliphatic heterocycles. The normalized spacial score (nSPS) is 11.7. The Balaban J connectivity index is 1.53. The molecule has 0 atom stereocenters. The van der Waals surface area contributed by atoms with Gasteiger partial charge >= 0.3 is 0 Å². The van der Waals surface area contributed by atoms with Crippen LogP contribution < -0.4 is 10.5 Å². The molecule has 3 aromatic rings. The Bertz CT molecular complexity index is 941. The highest BCUT2D eigenvalue weighted by Gasteiger charge is 2.01. The van der Waals surface area contributed by atoms with Crippen molar-refractivity contribution in [2.24, 2.45) is 15.9 Å². The van der Waals surface area contributed by atoms with Crippen LogP contribution in [0.3, 0.4) is 0 Å². The van der Waals surface area contributed by atoms with Crippen LogP contribution in [0.4, 0.5) is 0 Å². The summed E-state index contributed by atoms with van der Waals surface area (Å²) in [5.74, 6) is 1.64. The number of hydrogen-bond acceptors (Lipinski definition) is 4. The molecule has 0 bridgehead atoms. The lowest BCUT2D eigenvalue weighted by Crippen LogP contribution is -2.06. The van der Waals surface area contributed by atoms with Gasteiger partial charge in [0.1, 0.15) is 12.4 Å². The average Bonchev–Trinajstić information content (AvgIpc) is 2.73. The first-order chi connectivity index (χ1) is 13.7. The maximum Gasteiger partial charge on any atom is 0.180 e. The van der Waals surface area contributed by atoms with E-state index < -0.39 is 0 Å². The van der Waals surface area contributed by atoms with Crippen LogP contribution in [-0.2, 0) is 12.4 Å². The minimum absolute atomic E-state index is 0.444. The monoisotopic (exact) mass is 389 g/mol. The van der Waals surface area contributed by atoms with Crippen LogP contribution in [0.15, 0.2) is 89.1 Å². The van der Waals surface area contributed by atoms with Crippen LogP contribution in [0, 0.1) is 6.92 Å². The Kier molecular flexibility index (Phi) is 7.27. The third-order valence-electron chi connectivity index (χ3n) is 4.03. The molecule has 0 fully saturated rings. The lowest BCUT2D eigenvalue weighted by atomic mass is 10.1. The summed E-state index contributed by atoms with van der Waals surface area (Å²) < 4.78 is 5.90. The topological polar surface area (TPSA) is 60.0 Å². The van der Waals surface area contributed by atoms with E-state index >= 15 is 0 Å². The van der Waals surface area contributed by atoms with Gasteiger partial charge in [0.25, 0.3) is 0 Å². The molecule has 0 saturated carbocycles. The predicted octanol–water partition coefficient (Wildman–Crippen LogP) is 5.16. The van der Waals surface area contributed by atoms with Gasteiger partial charge in [-0.3, -0.25) is 0 Å². The zero-order chi connectivity index (χ0) is 19.6. The molecular formula is C23H23N3OS. The number of rotatable bonds is 7. The van der Waals surface area contributed by atoms with Gasteiger partial charge in [-0.25, -0.2) is 0 Å². The van der Waals surface area contributed by atoms with E-state index in [9.17, 15) is 0 Å². The van der Waals surface area contributed by atoms with Crippen molar-refractivity contribution in [1.82, 2.24) is 0 Å². The second-order valence-electron chi connectivity index (χ2n) is 6.26. The second kappa shape index (κ2) is 10.3. The fourth-order valence-electron chi connectivity index (χ4n) is 2.56. The Labute approximate surface area is 170 Å². The van der Waals surface area contributed by atoms with Gasteiger partial charge in [0.05, 0.1) is 6.21 Å². The molecule has 0 aromatic heterocycles. The lowest BCUT2D eigenvalue weighted by Gasteiger charge is -2.09. The van der Waals surface area contributed by atoms with E-state index in [4.69, 9.17) is 10.5 Å². The van der Waals surface area contributed by atoms with Crippen molar-refractivity contribution in [2.75, 3.05) is 0 Å². The van der Waals surface area contributed by atoms with E-state index in [1.807, 2.05) is 61.5 Å². The van der Waals surface area contributed by atoms with Crippen LogP contribution in [0.2, 0.25) is 0 Å². The van der Waals surface area contributed by atoms with E-state index in [-0.39, 0.29) is 0 Å². The molecule has 28 heavy (non-hydrogen) atoms. The Morgan fingerprint density at radius 1 is 0.964 bits per heavy atom. The minimum Gasteiger partial charge on any atom is -0.489 e. The van der Waals surface area contributed by atoms with Crippen molar-refractivity contribution >= 4 is 23.1 Å². The molecule has 0 aliphatic rings. The Morgan fingerprint density at radius 2 is 1.64 bits per heavy atom. The number of benzene rings is 3. The third kappa shape index (κ3) is 6.28. The summed E-state index contributed by atoms with van der Waals surface area (Å²) >= 11 is 1.47. The highest BCUT2D eigenvalue weighted by molar-refractivity contribution is 8.13. The van der Waals surface area contributed by atoms with Crippen LogP contribution >= 0.6 is 11.8 Å². The van der Waals surface area contributed by atoms with Crippen LogP contribution in [0.25, 0.3) is 0 Å². The van der Waals surface area contributed by atoms with Gasteiger partial charge in [0.15, 0.2) is 5.17 Å². The standard InChI is InChI=1S/C23H23N3OS/c1-18-14-21(12-13-22(18)27-16-19-8-4-2-5-9-19)15-25-26-23(24)28-17-20-10-6-3-7-11-20/h2-15H,16-17H2,1H3,(H2,24,26). The molecular weight excluding hydrogens is 366 g/mol. The molecule has 5 heteroatoms. The first-order valence-electron chi connectivity index (χ1n) is 9.01. The number of hydrogen-bond donors (Lipinski definition) is 1. The first kappa shape index (κ1) is 19.7. The van der Waals surface area contributed by atoms with Gasteiger partial charge in [-0.1, -0.05) is 72.4 Å². The van der Waals surface area contributed by atoms with E-state index in [0.717, 1.165) is 28.2 Å². The minimum atomic E-state index is 0.444. The molecule has 0 heterocycles. The predicted molar refractivity (Wildman–Crippen MR) is 119 cm³/mol. The number of aryl methyl sites for hydroxylation is 1. The van der Waals surface area contributed by atoms with Crippen molar-refractivity contribution in [3.05, 3.63) is 101 Å². The van der Waals surface area contributed by atoms with Crippen LogP contribution in [-0.4, -0.2) is 11.4 Å². The molecule has 3 aromatic carbocycles. The molecule has 142 valence electrons. The van der Waals surface area contributed by atoms with Gasteiger partial charge in [0.2, 0.25) is 0 Å². The summed E-state index contributed by atoms with van der Waals surface area (Å²) in [6, 6.07) is 26.2. The van der Waals surface area contributed by atoms with Crippen molar-refractivity contribution in [2.45, 2.75) is 19.3 Å². The molecule has 0 unspecified atom stereocenters. The quantitative estimate of drug-likeness (QED) is 0.345. The largest absolute Gasteiger partial charge is 0.489 e.